The Morgan fingerprint density at radius 1 is 0.980 bits per heavy atom. The van der Waals surface area contributed by atoms with Crippen LogP contribution in [0.5, 0.6) is 5.75 Å². The zero-order valence-corrected chi connectivity index (χ0v) is 30.1. The highest BCUT2D eigenvalue weighted by molar-refractivity contribution is 9.10. The molecule has 1 N–H and O–H groups in total. The summed E-state index contributed by atoms with van der Waals surface area (Å²) in [6, 6.07) is 32.4. The molecule has 50 heavy (non-hydrogen) atoms. The summed E-state index contributed by atoms with van der Waals surface area (Å²) >= 11 is 4.58. The number of allylic oxidation sites excluding steroid dienone is 4. The minimum atomic E-state index is -0.695. The third-order valence-corrected chi connectivity index (χ3v) is 9.21. The summed E-state index contributed by atoms with van der Waals surface area (Å²) in [5, 5.41) is 3.21. The minimum absolute atomic E-state index is 0.0791. The predicted molar refractivity (Wildman–Crippen MR) is 205 cm³/mol. The first kappa shape index (κ1) is 36.0. The number of halogens is 1. The molecule has 0 fully saturated rings. The van der Waals surface area contributed by atoms with Crippen LogP contribution in [0, 0.1) is 6.92 Å². The molecule has 0 atom stereocenters. The Kier molecular flexibility index (Phi) is 12.6. The van der Waals surface area contributed by atoms with Crippen molar-refractivity contribution in [1.29, 1.82) is 0 Å². The van der Waals surface area contributed by atoms with Gasteiger partial charge in [0, 0.05) is 5.70 Å². The Balaban J connectivity index is 1.37. The molecule has 1 aliphatic heterocycles. The molecular formula is C41H36BrN3O4S. The number of amidine groups is 1. The second-order valence-electron chi connectivity index (χ2n) is 11.3. The molecule has 7 nitrogen and oxygen atoms in total. The van der Waals surface area contributed by atoms with Crippen LogP contribution in [0.25, 0.3) is 6.08 Å². The number of ether oxygens (including phenoxy) is 1. The standard InChI is InChI=1S/C41H36BrN3O4S/c1-4-6-20-33(5-2)45-40(48)34(24-29-21-22-36(35(42)25-29)49-26-30-15-13-14-28(3)23-30)39(47)44-41(45)50-27-37(46)43-38(31-16-9-7-10-17-31)32-18-11-8-12-19-32/h4-25,38H,1,26-27H2,2-3H3,(H,43,46)/b20-6-,33-5+,34-24+. The number of hydrogen-bond donors (Lipinski definition) is 1. The van der Waals surface area contributed by atoms with Crippen molar-refractivity contribution >= 4 is 56.7 Å². The number of hydrogen-bond acceptors (Lipinski definition) is 5. The molecule has 0 saturated heterocycles. The summed E-state index contributed by atoms with van der Waals surface area (Å²) in [5.74, 6) is -0.991. The number of rotatable bonds is 12. The van der Waals surface area contributed by atoms with Crippen LogP contribution in [0.4, 0.5) is 0 Å². The first-order chi connectivity index (χ1) is 24.3. The second-order valence-corrected chi connectivity index (χ2v) is 13.1. The zero-order valence-electron chi connectivity index (χ0n) is 27.7. The van der Waals surface area contributed by atoms with Gasteiger partial charge < -0.3 is 10.1 Å². The van der Waals surface area contributed by atoms with Crippen molar-refractivity contribution in [1.82, 2.24) is 10.2 Å². The number of aliphatic imine (C=N–C) groups is 1. The van der Waals surface area contributed by atoms with Gasteiger partial charge in [-0.15, -0.1) is 0 Å². The van der Waals surface area contributed by atoms with Crippen molar-refractivity contribution < 1.29 is 19.1 Å². The summed E-state index contributed by atoms with van der Waals surface area (Å²) in [4.78, 5) is 46.5. The Morgan fingerprint density at radius 2 is 1.68 bits per heavy atom. The van der Waals surface area contributed by atoms with Gasteiger partial charge in [-0.2, -0.15) is 4.99 Å². The maximum Gasteiger partial charge on any atom is 0.285 e. The normalized spacial score (nSPS) is 14.3. The molecule has 9 heteroatoms. The second kappa shape index (κ2) is 17.4. The van der Waals surface area contributed by atoms with E-state index in [0.717, 1.165) is 34.0 Å². The fourth-order valence-corrected chi connectivity index (χ4v) is 6.57. The van der Waals surface area contributed by atoms with E-state index >= 15 is 0 Å². The fourth-order valence-electron chi connectivity index (χ4n) is 5.25. The summed E-state index contributed by atoms with van der Waals surface area (Å²) in [5.41, 5.74) is 5.03. The molecule has 4 aromatic carbocycles. The minimum Gasteiger partial charge on any atom is -0.488 e. The Morgan fingerprint density at radius 3 is 2.30 bits per heavy atom. The number of nitrogens with one attached hydrogen (secondary N) is 1. The van der Waals surface area contributed by atoms with Crippen LogP contribution >= 0.6 is 27.7 Å². The molecule has 4 aromatic rings. The average molecular weight is 747 g/mol. The number of aryl methyl sites for hydroxylation is 1. The third kappa shape index (κ3) is 9.25. The molecule has 3 amide bonds. The molecule has 252 valence electrons. The zero-order chi connectivity index (χ0) is 35.5. The van der Waals surface area contributed by atoms with Crippen molar-refractivity contribution in [2.75, 3.05) is 5.75 Å². The molecule has 0 aliphatic carbocycles. The summed E-state index contributed by atoms with van der Waals surface area (Å²) < 4.78 is 6.68. The number of amides is 3. The number of benzene rings is 4. The van der Waals surface area contributed by atoms with E-state index in [-0.39, 0.29) is 28.4 Å². The van der Waals surface area contributed by atoms with Gasteiger partial charge in [0.1, 0.15) is 17.9 Å². The predicted octanol–water partition coefficient (Wildman–Crippen LogP) is 8.73. The molecular weight excluding hydrogens is 710 g/mol. The van der Waals surface area contributed by atoms with Crippen LogP contribution in [0.15, 0.2) is 155 Å². The van der Waals surface area contributed by atoms with E-state index in [1.807, 2.05) is 85.8 Å². The van der Waals surface area contributed by atoms with E-state index in [1.54, 1.807) is 49.4 Å². The maximum atomic E-state index is 14.1. The SMILES string of the molecule is C=C/C=C\C(=C/C)N1C(=O)/C(=C/c2ccc(OCc3cccc(C)c3)c(Br)c2)C(=O)N=C1SCC(=O)NC(c1ccccc1)c1ccccc1. The highest BCUT2D eigenvalue weighted by atomic mass is 79.9. The van der Waals surface area contributed by atoms with Crippen molar-refractivity contribution in [3.05, 3.63) is 178 Å². The lowest BCUT2D eigenvalue weighted by molar-refractivity contribution is -0.126. The highest BCUT2D eigenvalue weighted by Crippen LogP contribution is 2.30. The Hall–Kier alpha value is -5.25. The van der Waals surface area contributed by atoms with Gasteiger partial charge in [0.05, 0.1) is 16.3 Å². The van der Waals surface area contributed by atoms with Gasteiger partial charge in [0.15, 0.2) is 5.17 Å². The molecule has 1 aliphatic rings. The van der Waals surface area contributed by atoms with Crippen molar-refractivity contribution in [3.63, 3.8) is 0 Å². The fraction of sp³-hybridized carbons (Fsp3) is 0.122. The first-order valence-electron chi connectivity index (χ1n) is 15.9. The van der Waals surface area contributed by atoms with Crippen LogP contribution in [-0.4, -0.2) is 33.5 Å². The summed E-state index contributed by atoms with van der Waals surface area (Å²) in [6.45, 7) is 7.94. The van der Waals surface area contributed by atoms with Crippen LogP contribution < -0.4 is 10.1 Å². The van der Waals surface area contributed by atoms with Gasteiger partial charge in [-0.1, -0.05) is 133 Å². The topological polar surface area (TPSA) is 88.1 Å². The highest BCUT2D eigenvalue weighted by Gasteiger charge is 2.35. The van der Waals surface area contributed by atoms with Gasteiger partial charge in [-0.05, 0) is 76.3 Å². The molecule has 0 bridgehead atoms. The molecule has 1 heterocycles. The largest absolute Gasteiger partial charge is 0.488 e. The monoisotopic (exact) mass is 745 g/mol. The van der Waals surface area contributed by atoms with Gasteiger partial charge in [0.25, 0.3) is 11.8 Å². The van der Waals surface area contributed by atoms with Crippen LogP contribution in [-0.2, 0) is 21.0 Å². The van der Waals surface area contributed by atoms with Gasteiger partial charge in [-0.25, -0.2) is 0 Å². The molecule has 0 spiro atoms. The first-order valence-corrected chi connectivity index (χ1v) is 17.7. The van der Waals surface area contributed by atoms with Crippen LogP contribution in [0.3, 0.4) is 0 Å². The summed E-state index contributed by atoms with van der Waals surface area (Å²) in [7, 11) is 0. The van der Waals surface area contributed by atoms with Gasteiger partial charge >= 0.3 is 0 Å². The molecule has 0 unspecified atom stereocenters. The maximum absolute atomic E-state index is 14.1. The quantitative estimate of drug-likeness (QED) is 0.0891. The lowest BCUT2D eigenvalue weighted by Crippen LogP contribution is -2.42. The van der Waals surface area contributed by atoms with Crippen LogP contribution in [0.1, 0.15) is 40.8 Å². The lowest BCUT2D eigenvalue weighted by atomic mass is 9.99. The van der Waals surface area contributed by atoms with E-state index in [1.165, 1.54) is 11.0 Å². The number of carbonyl (C=O) groups excluding carboxylic acids is 3. The molecule has 0 saturated carbocycles. The van der Waals surface area contributed by atoms with Gasteiger partial charge in [0.2, 0.25) is 5.91 Å². The smallest absolute Gasteiger partial charge is 0.285 e. The third-order valence-electron chi connectivity index (χ3n) is 7.66. The van der Waals surface area contributed by atoms with Crippen molar-refractivity contribution in [2.24, 2.45) is 4.99 Å². The Bertz CT molecular complexity index is 1970. The van der Waals surface area contributed by atoms with Crippen molar-refractivity contribution in [3.8, 4) is 5.75 Å². The Labute approximate surface area is 305 Å². The molecule has 5 rings (SSSR count). The van der Waals surface area contributed by atoms with E-state index in [0.29, 0.717) is 28.1 Å². The van der Waals surface area contributed by atoms with E-state index in [2.05, 4.69) is 38.9 Å². The number of nitrogens with zero attached hydrogens (tertiary/aromatic N) is 2. The van der Waals surface area contributed by atoms with Crippen molar-refractivity contribution in [2.45, 2.75) is 26.5 Å². The lowest BCUT2D eigenvalue weighted by Gasteiger charge is -2.28. The molecule has 0 radical (unpaired) electrons. The van der Waals surface area contributed by atoms with E-state index in [4.69, 9.17) is 4.74 Å². The summed E-state index contributed by atoms with van der Waals surface area (Å²) in [6.07, 6.45) is 8.23. The number of carbonyl (C=O) groups is 3. The average Bonchev–Trinajstić information content (AvgIpc) is 3.13. The van der Waals surface area contributed by atoms with Gasteiger partial charge in [-0.3, -0.25) is 19.3 Å². The van der Waals surface area contributed by atoms with E-state index in [9.17, 15) is 14.4 Å². The molecule has 0 aromatic heterocycles. The van der Waals surface area contributed by atoms with Crippen LogP contribution in [0.2, 0.25) is 0 Å². The van der Waals surface area contributed by atoms with E-state index < -0.39 is 11.8 Å². The number of thioether (sulfide) groups is 1.